The van der Waals surface area contributed by atoms with E-state index in [4.69, 9.17) is 0 Å². The van der Waals surface area contributed by atoms with Gasteiger partial charge in [-0.25, -0.2) is 9.97 Å². The Labute approximate surface area is 122 Å². The van der Waals surface area contributed by atoms with Gasteiger partial charge in [0.1, 0.15) is 11.6 Å². The van der Waals surface area contributed by atoms with Gasteiger partial charge in [0.25, 0.3) is 0 Å². The van der Waals surface area contributed by atoms with Crippen molar-refractivity contribution < 1.29 is 0 Å². The predicted molar refractivity (Wildman–Crippen MR) is 79.1 cm³/mol. The first-order valence-corrected chi connectivity index (χ1v) is 7.70. The first kappa shape index (κ1) is 12.7. The molecule has 98 valence electrons. The van der Waals surface area contributed by atoms with E-state index in [-0.39, 0.29) is 0 Å². The molecule has 5 nitrogen and oxygen atoms in total. The van der Waals surface area contributed by atoms with Crippen LogP contribution in [0.2, 0.25) is 0 Å². The first-order chi connectivity index (χ1) is 9.24. The molecule has 0 saturated carbocycles. The van der Waals surface area contributed by atoms with E-state index >= 15 is 0 Å². The summed E-state index contributed by atoms with van der Waals surface area (Å²) in [6, 6.07) is 6.01. The summed E-state index contributed by atoms with van der Waals surface area (Å²) in [5, 5.41) is 7.82. The van der Waals surface area contributed by atoms with Crippen LogP contribution in [0.15, 0.2) is 27.8 Å². The van der Waals surface area contributed by atoms with Gasteiger partial charge in [0.2, 0.25) is 5.16 Å². The fourth-order valence-electron chi connectivity index (χ4n) is 1.74. The van der Waals surface area contributed by atoms with Gasteiger partial charge in [-0.2, -0.15) is 0 Å². The monoisotopic (exact) mass is 337 g/mol. The van der Waals surface area contributed by atoms with Gasteiger partial charge in [-0.3, -0.25) is 5.10 Å². The summed E-state index contributed by atoms with van der Waals surface area (Å²) in [7, 11) is 0. The Kier molecular flexibility index (Phi) is 3.56. The summed E-state index contributed by atoms with van der Waals surface area (Å²) in [6.45, 7) is 2.05. The third-order valence-corrected chi connectivity index (χ3v) is 4.03. The number of aromatic nitrogens is 5. The van der Waals surface area contributed by atoms with E-state index in [1.807, 2.05) is 25.1 Å². The molecule has 0 saturated heterocycles. The molecule has 0 unspecified atom stereocenters. The lowest BCUT2D eigenvalue weighted by molar-refractivity contribution is 0.941. The number of fused-ring (bicyclic) bond motifs is 1. The van der Waals surface area contributed by atoms with Crippen LogP contribution in [0, 0.1) is 0 Å². The Morgan fingerprint density at radius 2 is 2.16 bits per heavy atom. The van der Waals surface area contributed by atoms with Gasteiger partial charge < -0.3 is 4.98 Å². The zero-order valence-electron chi connectivity index (χ0n) is 10.3. The van der Waals surface area contributed by atoms with E-state index in [1.54, 1.807) is 11.8 Å². The Morgan fingerprint density at radius 3 is 2.95 bits per heavy atom. The van der Waals surface area contributed by atoms with Gasteiger partial charge in [-0.05, 0) is 18.2 Å². The second kappa shape index (κ2) is 5.34. The second-order valence-electron chi connectivity index (χ2n) is 4.05. The predicted octanol–water partition coefficient (Wildman–Crippen LogP) is 3.30. The summed E-state index contributed by atoms with van der Waals surface area (Å²) in [5.41, 5.74) is 2.01. The molecule has 0 bridgehead atoms. The number of aryl methyl sites for hydroxylation is 1. The van der Waals surface area contributed by atoms with Crippen molar-refractivity contribution in [3.05, 3.63) is 34.3 Å². The van der Waals surface area contributed by atoms with Crippen molar-refractivity contribution in [2.24, 2.45) is 0 Å². The lowest BCUT2D eigenvalue weighted by Crippen LogP contribution is -1.85. The maximum absolute atomic E-state index is 4.53. The Morgan fingerprint density at radius 1 is 1.26 bits per heavy atom. The minimum Gasteiger partial charge on any atom is -0.341 e. The summed E-state index contributed by atoms with van der Waals surface area (Å²) in [6.07, 6.45) is 0.867. The van der Waals surface area contributed by atoms with Crippen molar-refractivity contribution in [2.45, 2.75) is 24.3 Å². The number of nitrogens with one attached hydrogen (secondary N) is 2. The second-order valence-corrected chi connectivity index (χ2v) is 5.91. The van der Waals surface area contributed by atoms with Crippen LogP contribution in [-0.4, -0.2) is 25.1 Å². The maximum atomic E-state index is 4.53. The summed E-state index contributed by atoms with van der Waals surface area (Å²) in [5.74, 6) is 2.57. The number of benzene rings is 1. The molecule has 3 rings (SSSR count). The van der Waals surface area contributed by atoms with Gasteiger partial charge in [-0.15, -0.1) is 5.10 Å². The van der Waals surface area contributed by atoms with Crippen molar-refractivity contribution >= 4 is 38.7 Å². The van der Waals surface area contributed by atoms with Crippen LogP contribution in [0.5, 0.6) is 0 Å². The molecule has 19 heavy (non-hydrogen) atoms. The molecule has 0 aliphatic heterocycles. The van der Waals surface area contributed by atoms with Gasteiger partial charge in [0.05, 0.1) is 16.8 Å². The molecular formula is C12H12BrN5S. The van der Waals surface area contributed by atoms with Gasteiger partial charge >= 0.3 is 0 Å². The Hall–Kier alpha value is -1.34. The number of nitrogens with zero attached hydrogens (tertiary/aromatic N) is 3. The highest BCUT2D eigenvalue weighted by Gasteiger charge is 2.06. The number of halogens is 1. The molecule has 2 N–H and O–H groups in total. The highest BCUT2D eigenvalue weighted by atomic mass is 79.9. The highest BCUT2D eigenvalue weighted by Crippen LogP contribution is 2.21. The van der Waals surface area contributed by atoms with Crippen molar-refractivity contribution in [1.29, 1.82) is 0 Å². The number of H-pyrrole nitrogens is 2. The molecule has 0 atom stereocenters. The summed E-state index contributed by atoms with van der Waals surface area (Å²) >= 11 is 5.02. The molecular weight excluding hydrogens is 326 g/mol. The van der Waals surface area contributed by atoms with E-state index < -0.39 is 0 Å². The molecule has 3 aromatic rings. The molecule has 7 heteroatoms. The molecule has 2 heterocycles. The van der Waals surface area contributed by atoms with Crippen LogP contribution < -0.4 is 0 Å². The normalized spacial score (nSPS) is 11.3. The van der Waals surface area contributed by atoms with E-state index in [0.29, 0.717) is 0 Å². The van der Waals surface area contributed by atoms with Gasteiger partial charge in [0, 0.05) is 10.9 Å². The molecule has 0 aliphatic carbocycles. The highest BCUT2D eigenvalue weighted by molar-refractivity contribution is 9.10. The largest absolute Gasteiger partial charge is 0.341 e. The molecule has 0 fully saturated rings. The number of rotatable bonds is 4. The van der Waals surface area contributed by atoms with Crippen molar-refractivity contribution in [3.8, 4) is 0 Å². The molecule has 2 aromatic heterocycles. The Balaban J connectivity index is 1.74. The number of hydrogen-bond acceptors (Lipinski definition) is 4. The van der Waals surface area contributed by atoms with Crippen LogP contribution in [0.3, 0.4) is 0 Å². The van der Waals surface area contributed by atoms with E-state index in [0.717, 1.165) is 44.5 Å². The zero-order chi connectivity index (χ0) is 13.2. The van der Waals surface area contributed by atoms with E-state index in [1.165, 1.54) is 0 Å². The minimum absolute atomic E-state index is 0.729. The molecule has 0 aliphatic rings. The topological polar surface area (TPSA) is 70.2 Å². The maximum Gasteiger partial charge on any atom is 0.208 e. The number of aromatic amines is 2. The molecule has 0 radical (unpaired) electrons. The van der Waals surface area contributed by atoms with Gasteiger partial charge in [0.15, 0.2) is 0 Å². The van der Waals surface area contributed by atoms with E-state index in [9.17, 15) is 0 Å². The zero-order valence-corrected chi connectivity index (χ0v) is 12.7. The van der Waals surface area contributed by atoms with Crippen LogP contribution >= 0.6 is 27.7 Å². The lowest BCUT2D eigenvalue weighted by Gasteiger charge is -1.91. The number of imidazole rings is 1. The fourth-order valence-corrected chi connectivity index (χ4v) is 2.78. The van der Waals surface area contributed by atoms with E-state index in [2.05, 4.69) is 41.1 Å². The summed E-state index contributed by atoms with van der Waals surface area (Å²) in [4.78, 5) is 12.2. The fraction of sp³-hybridized carbons (Fsp3) is 0.250. The third-order valence-electron chi connectivity index (χ3n) is 2.68. The van der Waals surface area contributed by atoms with Crippen molar-refractivity contribution in [2.75, 3.05) is 0 Å². The van der Waals surface area contributed by atoms with Crippen molar-refractivity contribution in [3.63, 3.8) is 0 Å². The van der Waals surface area contributed by atoms with Crippen molar-refractivity contribution in [1.82, 2.24) is 25.1 Å². The minimum atomic E-state index is 0.729. The first-order valence-electron chi connectivity index (χ1n) is 5.93. The van der Waals surface area contributed by atoms with Gasteiger partial charge in [-0.1, -0.05) is 34.6 Å². The van der Waals surface area contributed by atoms with Crippen LogP contribution in [-0.2, 0) is 12.2 Å². The van der Waals surface area contributed by atoms with Crippen LogP contribution in [0.4, 0.5) is 0 Å². The SMILES string of the molecule is CCc1nc(SCc2nc3ccc(Br)cc3[nH]2)n[nH]1. The number of hydrogen-bond donors (Lipinski definition) is 2. The standard InChI is InChI=1S/C12H12BrN5S/c1-2-10-16-12(18-17-10)19-6-11-14-8-4-3-7(13)5-9(8)15-11/h3-5H,2,6H2,1H3,(H,14,15)(H,16,17,18). The number of thioether (sulfide) groups is 1. The average molecular weight is 338 g/mol. The quantitative estimate of drug-likeness (QED) is 0.716. The van der Waals surface area contributed by atoms with Crippen LogP contribution in [0.25, 0.3) is 11.0 Å². The Bertz CT molecular complexity index is 705. The molecule has 0 amide bonds. The van der Waals surface area contributed by atoms with Crippen LogP contribution in [0.1, 0.15) is 18.6 Å². The smallest absolute Gasteiger partial charge is 0.208 e. The third kappa shape index (κ3) is 2.82. The lowest BCUT2D eigenvalue weighted by atomic mass is 10.3. The molecule has 1 aromatic carbocycles. The molecule has 0 spiro atoms. The average Bonchev–Trinajstić information content (AvgIpc) is 3.01. The summed E-state index contributed by atoms with van der Waals surface area (Å²) < 4.78 is 1.05.